The summed E-state index contributed by atoms with van der Waals surface area (Å²) in [5.41, 5.74) is 4.62. The zero-order valence-corrected chi connectivity index (χ0v) is 19.9. The number of nitrogens with one attached hydrogen (secondary N) is 1. The first kappa shape index (κ1) is 22.7. The minimum Gasteiger partial charge on any atom is -0.342 e. The molecule has 3 aromatic carbocycles. The maximum Gasteiger partial charge on any atom is 0.294 e. The normalized spacial score (nSPS) is 14.8. The molecule has 35 heavy (non-hydrogen) atoms. The molecule has 0 spiro atoms. The highest BCUT2D eigenvalue weighted by molar-refractivity contribution is 8.18. The van der Waals surface area contributed by atoms with Crippen LogP contribution in [0.3, 0.4) is 0 Å². The molecule has 0 saturated carbocycles. The van der Waals surface area contributed by atoms with Gasteiger partial charge in [0, 0.05) is 34.9 Å². The third kappa shape index (κ3) is 4.76. The highest BCUT2D eigenvalue weighted by Crippen LogP contribution is 2.34. The largest absolute Gasteiger partial charge is 0.342 e. The molecule has 0 radical (unpaired) electrons. The Morgan fingerprint density at radius 1 is 0.943 bits per heavy atom. The van der Waals surface area contributed by atoms with E-state index < -0.39 is 17.1 Å². The summed E-state index contributed by atoms with van der Waals surface area (Å²) in [4.78, 5) is 39.5. The van der Waals surface area contributed by atoms with Crippen molar-refractivity contribution < 1.29 is 14.4 Å². The van der Waals surface area contributed by atoms with Gasteiger partial charge in [0.15, 0.2) is 0 Å². The van der Waals surface area contributed by atoms with Crippen LogP contribution in [0.25, 0.3) is 17.0 Å². The quantitative estimate of drug-likeness (QED) is 0.360. The number of aromatic nitrogens is 1. The molecule has 3 amide bonds. The fourth-order valence-electron chi connectivity index (χ4n) is 4.13. The van der Waals surface area contributed by atoms with E-state index in [1.165, 1.54) is 5.56 Å². The summed E-state index contributed by atoms with van der Waals surface area (Å²) in [6.45, 7) is 2.24. The number of aryl methyl sites for hydroxylation is 1. The number of para-hydroxylation sites is 2. The summed E-state index contributed by atoms with van der Waals surface area (Å²) in [5, 5.41) is 3.32. The van der Waals surface area contributed by atoms with Gasteiger partial charge in [-0.1, -0.05) is 66.7 Å². The molecule has 0 unspecified atom stereocenters. The summed E-state index contributed by atoms with van der Waals surface area (Å²) < 4.78 is 2.14. The molecule has 1 saturated heterocycles. The van der Waals surface area contributed by atoms with Crippen molar-refractivity contribution in [2.75, 3.05) is 11.9 Å². The van der Waals surface area contributed by atoms with Crippen LogP contribution in [0.1, 0.15) is 16.7 Å². The van der Waals surface area contributed by atoms with Crippen molar-refractivity contribution in [3.05, 3.63) is 107 Å². The minimum atomic E-state index is -0.458. The van der Waals surface area contributed by atoms with Gasteiger partial charge in [-0.05, 0) is 48.0 Å². The van der Waals surface area contributed by atoms with Crippen molar-refractivity contribution >= 4 is 51.5 Å². The highest BCUT2D eigenvalue weighted by atomic mass is 32.2. The van der Waals surface area contributed by atoms with Crippen molar-refractivity contribution in [2.45, 2.75) is 13.5 Å². The molecule has 6 nitrogen and oxygen atoms in total. The Kier molecular flexibility index (Phi) is 6.25. The van der Waals surface area contributed by atoms with E-state index in [1.807, 2.05) is 73.8 Å². The number of fused-ring (bicyclic) bond motifs is 1. The molecule has 1 aromatic heterocycles. The third-order valence-corrected chi connectivity index (χ3v) is 6.80. The first-order valence-electron chi connectivity index (χ1n) is 11.2. The molecule has 1 aliphatic rings. The average Bonchev–Trinajstić information content (AvgIpc) is 3.33. The lowest BCUT2D eigenvalue weighted by atomic mass is 10.1. The van der Waals surface area contributed by atoms with Crippen molar-refractivity contribution in [1.29, 1.82) is 0 Å². The maximum absolute atomic E-state index is 13.0. The van der Waals surface area contributed by atoms with E-state index in [-0.39, 0.29) is 6.54 Å². The number of nitrogens with zero attached hydrogens (tertiary/aromatic N) is 2. The summed E-state index contributed by atoms with van der Waals surface area (Å²) in [6.07, 6.45) is 3.74. The molecule has 7 heteroatoms. The molecule has 174 valence electrons. The number of benzene rings is 3. The van der Waals surface area contributed by atoms with Gasteiger partial charge in [0.2, 0.25) is 5.91 Å². The van der Waals surface area contributed by atoms with E-state index in [0.717, 1.165) is 38.7 Å². The van der Waals surface area contributed by atoms with Gasteiger partial charge in [0.1, 0.15) is 6.54 Å². The second-order valence-corrected chi connectivity index (χ2v) is 9.34. The third-order valence-electron chi connectivity index (χ3n) is 5.90. The lowest BCUT2D eigenvalue weighted by molar-refractivity contribution is -0.127. The fourth-order valence-corrected chi connectivity index (χ4v) is 4.95. The van der Waals surface area contributed by atoms with Gasteiger partial charge >= 0.3 is 0 Å². The van der Waals surface area contributed by atoms with Gasteiger partial charge in [-0.15, -0.1) is 0 Å². The lowest BCUT2D eigenvalue weighted by Crippen LogP contribution is -2.36. The van der Waals surface area contributed by atoms with Crippen LogP contribution < -0.4 is 5.32 Å². The Morgan fingerprint density at radius 3 is 2.46 bits per heavy atom. The SMILES string of the molecule is Cc1ccccc1NC(=O)CN1C(=O)S/C(=C\c2cn(Cc3ccccc3)c3ccccc23)C1=O. The van der Waals surface area contributed by atoms with E-state index >= 15 is 0 Å². The molecule has 0 atom stereocenters. The highest BCUT2D eigenvalue weighted by Gasteiger charge is 2.36. The number of rotatable bonds is 6. The number of thioether (sulfide) groups is 1. The summed E-state index contributed by atoms with van der Waals surface area (Å²) in [6, 6.07) is 25.5. The lowest BCUT2D eigenvalue weighted by Gasteiger charge is -2.13. The number of hydrogen-bond donors (Lipinski definition) is 1. The summed E-state index contributed by atoms with van der Waals surface area (Å²) in [5.74, 6) is -0.873. The monoisotopic (exact) mass is 481 g/mol. The van der Waals surface area contributed by atoms with Crippen LogP contribution in [-0.2, 0) is 16.1 Å². The van der Waals surface area contributed by atoms with Crippen molar-refractivity contribution in [1.82, 2.24) is 9.47 Å². The second-order valence-electron chi connectivity index (χ2n) is 8.35. The van der Waals surface area contributed by atoms with E-state index in [1.54, 1.807) is 12.1 Å². The van der Waals surface area contributed by atoms with Crippen LogP contribution in [0.15, 0.2) is 90.0 Å². The van der Waals surface area contributed by atoms with Crippen molar-refractivity contribution in [3.63, 3.8) is 0 Å². The van der Waals surface area contributed by atoms with Crippen LogP contribution in [0.5, 0.6) is 0 Å². The topological polar surface area (TPSA) is 71.4 Å². The smallest absolute Gasteiger partial charge is 0.294 e. The standard InChI is InChI=1S/C28H23N3O3S/c1-19-9-5-7-13-23(19)29-26(32)18-31-27(33)25(35-28(31)34)15-21-17-30(16-20-10-3-2-4-11-20)24-14-8-6-12-22(21)24/h2-15,17H,16,18H2,1H3,(H,29,32)/b25-15-. The van der Waals surface area contributed by atoms with Gasteiger partial charge in [-0.2, -0.15) is 0 Å². The first-order valence-corrected chi connectivity index (χ1v) is 12.0. The molecule has 1 N–H and O–H groups in total. The molecule has 0 bridgehead atoms. The van der Waals surface area contributed by atoms with Gasteiger partial charge in [-0.25, -0.2) is 0 Å². The van der Waals surface area contributed by atoms with Gasteiger partial charge in [0.05, 0.1) is 4.91 Å². The molecule has 2 heterocycles. The number of imide groups is 1. The van der Waals surface area contributed by atoms with Crippen LogP contribution in [0.4, 0.5) is 10.5 Å². The Labute approximate surface area is 207 Å². The van der Waals surface area contributed by atoms with E-state index in [2.05, 4.69) is 22.0 Å². The Bertz CT molecular complexity index is 1470. The number of anilines is 1. The number of carbonyl (C=O) groups is 3. The predicted molar refractivity (Wildman–Crippen MR) is 140 cm³/mol. The maximum atomic E-state index is 13.0. The molecular weight excluding hydrogens is 458 g/mol. The zero-order valence-electron chi connectivity index (χ0n) is 19.1. The Morgan fingerprint density at radius 2 is 1.66 bits per heavy atom. The number of hydrogen-bond acceptors (Lipinski definition) is 4. The van der Waals surface area contributed by atoms with E-state index in [0.29, 0.717) is 17.1 Å². The number of amides is 3. The number of carbonyl (C=O) groups excluding carboxylic acids is 3. The molecule has 1 fully saturated rings. The summed E-state index contributed by atoms with van der Waals surface area (Å²) in [7, 11) is 0. The Hall–Kier alpha value is -4.10. The second kappa shape index (κ2) is 9.64. The first-order chi connectivity index (χ1) is 17.0. The van der Waals surface area contributed by atoms with Crippen LogP contribution >= 0.6 is 11.8 Å². The van der Waals surface area contributed by atoms with E-state index in [4.69, 9.17) is 0 Å². The molecule has 1 aliphatic heterocycles. The van der Waals surface area contributed by atoms with Crippen LogP contribution in [0, 0.1) is 6.92 Å². The van der Waals surface area contributed by atoms with Crippen LogP contribution in [-0.4, -0.2) is 33.1 Å². The van der Waals surface area contributed by atoms with E-state index in [9.17, 15) is 14.4 Å². The molecular formula is C28H23N3O3S. The average molecular weight is 482 g/mol. The zero-order chi connectivity index (χ0) is 24.4. The molecule has 5 rings (SSSR count). The summed E-state index contributed by atoms with van der Waals surface area (Å²) >= 11 is 0.859. The van der Waals surface area contributed by atoms with Crippen LogP contribution in [0.2, 0.25) is 0 Å². The van der Waals surface area contributed by atoms with Crippen molar-refractivity contribution in [3.8, 4) is 0 Å². The van der Waals surface area contributed by atoms with Gasteiger partial charge in [0.25, 0.3) is 11.1 Å². The van der Waals surface area contributed by atoms with Gasteiger partial charge in [-0.3, -0.25) is 19.3 Å². The molecule has 4 aromatic rings. The molecule has 0 aliphatic carbocycles. The Balaban J connectivity index is 1.38. The van der Waals surface area contributed by atoms with Gasteiger partial charge < -0.3 is 9.88 Å². The fraction of sp³-hybridized carbons (Fsp3) is 0.107. The minimum absolute atomic E-state index is 0.307. The van der Waals surface area contributed by atoms with Crippen molar-refractivity contribution in [2.24, 2.45) is 0 Å². The predicted octanol–water partition coefficient (Wildman–Crippen LogP) is 5.67.